The van der Waals surface area contributed by atoms with Gasteiger partial charge in [0.25, 0.3) is 0 Å². The van der Waals surface area contributed by atoms with Crippen LogP contribution in [0, 0.1) is 0 Å². The Morgan fingerprint density at radius 3 is 2.75 bits per heavy atom. The summed E-state index contributed by atoms with van der Waals surface area (Å²) in [7, 11) is -3.60. The maximum atomic E-state index is 11.7. The van der Waals surface area contributed by atoms with Crippen molar-refractivity contribution >= 4 is 36.8 Å². The largest absolute Gasteiger partial charge is 0.378 e. The van der Waals surface area contributed by atoms with Crippen LogP contribution >= 0.6 is 15.9 Å². The molecule has 5 heteroatoms. The Balaban J connectivity index is 2.55. The maximum Gasteiger partial charge on any atom is 0.340 e. The average Bonchev–Trinajstić information content (AvgIpc) is 2.53. The predicted molar refractivity (Wildman–Crippen MR) is 64.4 cm³/mol. The Labute approximate surface area is 101 Å². The van der Waals surface area contributed by atoms with E-state index in [0.29, 0.717) is 16.5 Å². The molecule has 1 aliphatic rings. The van der Waals surface area contributed by atoms with E-state index in [1.165, 1.54) is 0 Å². The highest BCUT2D eigenvalue weighted by molar-refractivity contribution is 9.08. The Morgan fingerprint density at radius 2 is 2.00 bits per heavy atom. The number of alkyl halides is 1. The van der Waals surface area contributed by atoms with Gasteiger partial charge in [0.05, 0.1) is 0 Å². The molecule has 0 atom stereocenters. The molecule has 2 aromatic carbocycles. The van der Waals surface area contributed by atoms with Gasteiger partial charge in [-0.25, -0.2) is 0 Å². The van der Waals surface area contributed by atoms with Gasteiger partial charge in [0.1, 0.15) is 4.90 Å². The summed E-state index contributed by atoms with van der Waals surface area (Å²) in [6.45, 7) is 0. The fourth-order valence-corrected chi connectivity index (χ4v) is 3.62. The van der Waals surface area contributed by atoms with Crippen molar-refractivity contribution < 1.29 is 12.6 Å². The molecule has 0 saturated carbocycles. The number of halogens is 1. The number of benzene rings is 2. The molecule has 0 aliphatic carbocycles. The molecule has 0 spiro atoms. The minimum atomic E-state index is -3.60. The molecule has 1 heterocycles. The van der Waals surface area contributed by atoms with Crippen LogP contribution < -0.4 is 4.18 Å². The topological polar surface area (TPSA) is 43.4 Å². The van der Waals surface area contributed by atoms with E-state index in [0.717, 1.165) is 10.9 Å². The molecule has 0 saturated heterocycles. The second kappa shape index (κ2) is 3.21. The second-order valence-corrected chi connectivity index (χ2v) is 5.65. The summed E-state index contributed by atoms with van der Waals surface area (Å²) < 4.78 is 28.4. The SMILES string of the molecule is O=S1(=O)Oc2ccc(CBr)c3cccc1c23. The van der Waals surface area contributed by atoms with Crippen LogP contribution in [0.4, 0.5) is 0 Å². The van der Waals surface area contributed by atoms with Gasteiger partial charge < -0.3 is 4.18 Å². The van der Waals surface area contributed by atoms with Crippen molar-refractivity contribution in [1.82, 2.24) is 0 Å². The standard InChI is InChI=1S/C11H7BrO3S/c12-6-7-4-5-9-11-8(7)2-1-3-10(11)16(13,14)15-9/h1-5H,6H2. The van der Waals surface area contributed by atoms with Crippen LogP contribution in [0.5, 0.6) is 5.75 Å². The average molecular weight is 299 g/mol. The lowest BCUT2D eigenvalue weighted by Gasteiger charge is -2.02. The van der Waals surface area contributed by atoms with Gasteiger partial charge in [0.2, 0.25) is 0 Å². The van der Waals surface area contributed by atoms with Gasteiger partial charge in [-0.1, -0.05) is 34.1 Å². The van der Waals surface area contributed by atoms with Gasteiger partial charge >= 0.3 is 10.1 Å². The highest BCUT2D eigenvalue weighted by Crippen LogP contribution is 2.41. The van der Waals surface area contributed by atoms with Crippen molar-refractivity contribution in [1.29, 1.82) is 0 Å². The van der Waals surface area contributed by atoms with Crippen LogP contribution in [0.1, 0.15) is 5.56 Å². The van der Waals surface area contributed by atoms with E-state index >= 15 is 0 Å². The summed E-state index contributed by atoms with van der Waals surface area (Å²) in [6.07, 6.45) is 0. The van der Waals surface area contributed by atoms with Crippen LogP contribution in [-0.4, -0.2) is 8.42 Å². The molecule has 2 aromatic rings. The normalized spacial score (nSPS) is 16.3. The van der Waals surface area contributed by atoms with Crippen molar-refractivity contribution in [2.24, 2.45) is 0 Å². The van der Waals surface area contributed by atoms with Crippen molar-refractivity contribution in [2.75, 3.05) is 0 Å². The van der Waals surface area contributed by atoms with Gasteiger partial charge in [-0.05, 0) is 23.1 Å². The molecule has 0 fully saturated rings. The van der Waals surface area contributed by atoms with Crippen molar-refractivity contribution in [3.8, 4) is 5.75 Å². The highest BCUT2D eigenvalue weighted by atomic mass is 79.9. The van der Waals surface area contributed by atoms with Crippen LogP contribution in [-0.2, 0) is 15.4 Å². The number of hydrogen-bond acceptors (Lipinski definition) is 3. The van der Waals surface area contributed by atoms with E-state index in [1.807, 2.05) is 12.1 Å². The highest BCUT2D eigenvalue weighted by Gasteiger charge is 2.30. The van der Waals surface area contributed by atoms with E-state index in [4.69, 9.17) is 4.18 Å². The van der Waals surface area contributed by atoms with Gasteiger partial charge in [-0.2, -0.15) is 8.42 Å². The van der Waals surface area contributed by atoms with Crippen molar-refractivity contribution in [2.45, 2.75) is 10.2 Å². The zero-order valence-corrected chi connectivity index (χ0v) is 10.5. The van der Waals surface area contributed by atoms with Gasteiger partial charge in [0, 0.05) is 10.7 Å². The second-order valence-electron chi connectivity index (χ2n) is 3.57. The van der Waals surface area contributed by atoms with Crippen molar-refractivity contribution in [3.05, 3.63) is 35.9 Å². The molecular weight excluding hydrogens is 292 g/mol. The predicted octanol–water partition coefficient (Wildman–Crippen LogP) is 2.82. The molecule has 3 rings (SSSR count). The van der Waals surface area contributed by atoms with Gasteiger partial charge in [-0.3, -0.25) is 0 Å². The molecule has 0 unspecified atom stereocenters. The Hall–Kier alpha value is -1.07. The quantitative estimate of drug-likeness (QED) is 0.601. The summed E-state index contributed by atoms with van der Waals surface area (Å²) >= 11 is 3.39. The Bertz CT molecular complexity index is 692. The lowest BCUT2D eigenvalue weighted by molar-refractivity contribution is 0.498. The first-order valence-corrected chi connectivity index (χ1v) is 7.21. The molecule has 1 aliphatic heterocycles. The van der Waals surface area contributed by atoms with Crippen LogP contribution in [0.25, 0.3) is 10.8 Å². The smallest absolute Gasteiger partial charge is 0.340 e. The number of rotatable bonds is 1. The first kappa shape index (κ1) is 10.1. The zero-order valence-electron chi connectivity index (χ0n) is 8.10. The Morgan fingerprint density at radius 1 is 1.19 bits per heavy atom. The molecule has 0 bridgehead atoms. The fraction of sp³-hybridized carbons (Fsp3) is 0.0909. The van der Waals surface area contributed by atoms with Crippen LogP contribution in [0.15, 0.2) is 35.2 Å². The van der Waals surface area contributed by atoms with Crippen LogP contribution in [0.3, 0.4) is 0 Å². The molecule has 0 aromatic heterocycles. The summed E-state index contributed by atoms with van der Waals surface area (Å²) in [6, 6.07) is 8.79. The maximum absolute atomic E-state index is 11.7. The zero-order chi connectivity index (χ0) is 11.3. The van der Waals surface area contributed by atoms with Crippen LogP contribution in [0.2, 0.25) is 0 Å². The molecular formula is C11H7BrO3S. The minimum Gasteiger partial charge on any atom is -0.378 e. The molecule has 0 radical (unpaired) electrons. The molecule has 16 heavy (non-hydrogen) atoms. The molecule has 0 N–H and O–H groups in total. The first-order chi connectivity index (χ1) is 7.63. The third kappa shape index (κ3) is 1.21. The fourth-order valence-electron chi connectivity index (χ4n) is 1.96. The molecule has 0 amide bonds. The van der Waals surface area contributed by atoms with E-state index in [1.54, 1.807) is 18.2 Å². The lowest BCUT2D eigenvalue weighted by atomic mass is 10.0. The summed E-state index contributed by atoms with van der Waals surface area (Å²) in [5, 5.41) is 2.31. The molecule has 82 valence electrons. The van der Waals surface area contributed by atoms with Crippen molar-refractivity contribution in [3.63, 3.8) is 0 Å². The summed E-state index contributed by atoms with van der Waals surface area (Å²) in [5.41, 5.74) is 1.06. The Kier molecular flexibility index (Phi) is 2.03. The third-order valence-corrected chi connectivity index (χ3v) is 4.55. The third-order valence-electron chi connectivity index (χ3n) is 2.67. The van der Waals surface area contributed by atoms with E-state index < -0.39 is 10.1 Å². The summed E-state index contributed by atoms with van der Waals surface area (Å²) in [4.78, 5) is 0.266. The minimum absolute atomic E-state index is 0.266. The van der Waals surface area contributed by atoms with E-state index in [9.17, 15) is 8.42 Å². The summed E-state index contributed by atoms with van der Waals surface area (Å²) in [5.74, 6) is 0.426. The monoisotopic (exact) mass is 298 g/mol. The van der Waals surface area contributed by atoms with E-state index in [-0.39, 0.29) is 4.90 Å². The van der Waals surface area contributed by atoms with E-state index in [2.05, 4.69) is 15.9 Å². The lowest BCUT2D eigenvalue weighted by Crippen LogP contribution is -2.02. The van der Waals surface area contributed by atoms with Gasteiger partial charge in [-0.15, -0.1) is 0 Å². The van der Waals surface area contributed by atoms with Gasteiger partial charge in [0.15, 0.2) is 5.75 Å². The molecule has 3 nitrogen and oxygen atoms in total. The number of hydrogen-bond donors (Lipinski definition) is 0. The first-order valence-electron chi connectivity index (χ1n) is 4.68.